The molecule has 1 heterocycles. The van der Waals surface area contributed by atoms with Crippen molar-refractivity contribution in [2.45, 2.75) is 64.0 Å². The summed E-state index contributed by atoms with van der Waals surface area (Å²) in [6.07, 6.45) is 5.09. The monoisotopic (exact) mass is 286 g/mol. The first-order valence-corrected chi connectivity index (χ1v) is 8.72. The number of benzene rings is 1. The molecule has 1 aliphatic carbocycles. The molecule has 0 saturated carbocycles. The molecule has 0 aromatic heterocycles. The topological polar surface area (TPSA) is 15.3 Å². The Bertz CT molecular complexity index is 484. The summed E-state index contributed by atoms with van der Waals surface area (Å²) in [6, 6.07) is 9.68. The van der Waals surface area contributed by atoms with Gasteiger partial charge in [-0.15, -0.1) is 0 Å². The lowest BCUT2D eigenvalue weighted by Crippen LogP contribution is -2.63. The van der Waals surface area contributed by atoms with Gasteiger partial charge in [0, 0.05) is 37.1 Å². The standard InChI is InChI=1S/C19H30N2/c1-4-8-17-13-21(19(3,5-2)14-20-17)12-16-11-15-9-6-7-10-18(15)16/h6-7,9-10,16-17,20H,4-5,8,11-14H2,1-3H3. The zero-order valence-corrected chi connectivity index (χ0v) is 13.9. The predicted octanol–water partition coefficient (Wildman–Crippen LogP) is 3.57. The van der Waals surface area contributed by atoms with Crippen molar-refractivity contribution in [1.29, 1.82) is 0 Å². The van der Waals surface area contributed by atoms with E-state index in [1.807, 2.05) is 0 Å². The van der Waals surface area contributed by atoms with Gasteiger partial charge in [0.25, 0.3) is 0 Å². The molecule has 2 heteroatoms. The molecule has 1 aromatic rings. The van der Waals surface area contributed by atoms with Gasteiger partial charge in [-0.25, -0.2) is 0 Å². The largest absolute Gasteiger partial charge is 0.311 e. The van der Waals surface area contributed by atoms with Crippen LogP contribution in [0.2, 0.25) is 0 Å². The Labute approximate surface area is 129 Å². The number of hydrogen-bond donors (Lipinski definition) is 1. The average molecular weight is 286 g/mol. The smallest absolute Gasteiger partial charge is 0.0304 e. The molecule has 3 atom stereocenters. The Kier molecular flexibility index (Phi) is 4.37. The van der Waals surface area contributed by atoms with Crippen LogP contribution in [-0.2, 0) is 6.42 Å². The first-order chi connectivity index (χ1) is 10.2. The Hall–Kier alpha value is -0.860. The zero-order valence-electron chi connectivity index (χ0n) is 13.9. The fraction of sp³-hybridized carbons (Fsp3) is 0.684. The van der Waals surface area contributed by atoms with Gasteiger partial charge in [0.2, 0.25) is 0 Å². The van der Waals surface area contributed by atoms with Crippen molar-refractivity contribution in [1.82, 2.24) is 10.2 Å². The van der Waals surface area contributed by atoms with E-state index in [9.17, 15) is 0 Å². The molecule has 1 saturated heterocycles. The van der Waals surface area contributed by atoms with Crippen molar-refractivity contribution < 1.29 is 0 Å². The van der Waals surface area contributed by atoms with E-state index in [1.165, 1.54) is 38.8 Å². The molecular formula is C19H30N2. The highest BCUT2D eigenvalue weighted by Crippen LogP contribution is 2.37. The molecule has 2 aliphatic rings. The van der Waals surface area contributed by atoms with E-state index in [4.69, 9.17) is 0 Å². The van der Waals surface area contributed by atoms with Crippen LogP contribution in [0.5, 0.6) is 0 Å². The molecule has 1 fully saturated rings. The second-order valence-electron chi connectivity index (χ2n) is 7.22. The lowest BCUT2D eigenvalue weighted by Gasteiger charge is -2.50. The molecule has 2 nitrogen and oxygen atoms in total. The molecular weight excluding hydrogens is 256 g/mol. The molecule has 116 valence electrons. The number of hydrogen-bond acceptors (Lipinski definition) is 2. The van der Waals surface area contributed by atoms with Gasteiger partial charge in [0.15, 0.2) is 0 Å². The van der Waals surface area contributed by atoms with E-state index in [2.05, 4.69) is 55.3 Å². The van der Waals surface area contributed by atoms with E-state index < -0.39 is 0 Å². The van der Waals surface area contributed by atoms with Gasteiger partial charge in [-0.2, -0.15) is 0 Å². The Morgan fingerprint density at radius 1 is 1.29 bits per heavy atom. The van der Waals surface area contributed by atoms with Crippen LogP contribution < -0.4 is 5.32 Å². The van der Waals surface area contributed by atoms with Gasteiger partial charge in [-0.05, 0) is 37.3 Å². The summed E-state index contributed by atoms with van der Waals surface area (Å²) in [7, 11) is 0. The highest BCUT2D eigenvalue weighted by Gasteiger charge is 2.38. The second-order valence-corrected chi connectivity index (χ2v) is 7.22. The maximum absolute atomic E-state index is 3.78. The summed E-state index contributed by atoms with van der Waals surface area (Å²) in [4.78, 5) is 2.78. The van der Waals surface area contributed by atoms with Crippen molar-refractivity contribution in [3.05, 3.63) is 35.4 Å². The number of rotatable bonds is 5. The van der Waals surface area contributed by atoms with Gasteiger partial charge in [0.05, 0.1) is 0 Å². The molecule has 0 spiro atoms. The Balaban J connectivity index is 1.69. The summed E-state index contributed by atoms with van der Waals surface area (Å²) in [6.45, 7) is 10.7. The van der Waals surface area contributed by atoms with Gasteiger partial charge in [-0.3, -0.25) is 4.90 Å². The van der Waals surface area contributed by atoms with E-state index in [0.29, 0.717) is 11.6 Å². The van der Waals surface area contributed by atoms with Crippen LogP contribution in [-0.4, -0.2) is 36.1 Å². The minimum Gasteiger partial charge on any atom is -0.311 e. The molecule has 1 N–H and O–H groups in total. The van der Waals surface area contributed by atoms with Crippen LogP contribution in [0.4, 0.5) is 0 Å². The predicted molar refractivity (Wildman–Crippen MR) is 89.9 cm³/mol. The van der Waals surface area contributed by atoms with E-state index in [-0.39, 0.29) is 0 Å². The molecule has 0 radical (unpaired) electrons. The van der Waals surface area contributed by atoms with Crippen molar-refractivity contribution in [3.8, 4) is 0 Å². The third-order valence-corrected chi connectivity index (χ3v) is 5.78. The molecule has 0 bridgehead atoms. The maximum Gasteiger partial charge on any atom is 0.0304 e. The van der Waals surface area contributed by atoms with Gasteiger partial charge >= 0.3 is 0 Å². The summed E-state index contributed by atoms with van der Waals surface area (Å²) in [5.41, 5.74) is 3.50. The molecule has 1 aromatic carbocycles. The minimum atomic E-state index is 0.328. The van der Waals surface area contributed by atoms with Crippen molar-refractivity contribution in [3.63, 3.8) is 0 Å². The van der Waals surface area contributed by atoms with Crippen LogP contribution >= 0.6 is 0 Å². The van der Waals surface area contributed by atoms with Gasteiger partial charge in [-0.1, -0.05) is 44.5 Å². The zero-order chi connectivity index (χ0) is 14.9. The quantitative estimate of drug-likeness (QED) is 0.890. The first-order valence-electron chi connectivity index (χ1n) is 8.72. The number of nitrogens with zero attached hydrogens (tertiary/aromatic N) is 1. The third kappa shape index (κ3) is 2.89. The van der Waals surface area contributed by atoms with Crippen molar-refractivity contribution in [2.75, 3.05) is 19.6 Å². The van der Waals surface area contributed by atoms with Crippen molar-refractivity contribution >= 4 is 0 Å². The first kappa shape index (κ1) is 15.1. The summed E-state index contributed by atoms with van der Waals surface area (Å²) < 4.78 is 0. The third-order valence-electron chi connectivity index (χ3n) is 5.78. The SMILES string of the molecule is CCCC1CN(CC2Cc3ccccc32)C(C)(CC)CN1. The summed E-state index contributed by atoms with van der Waals surface area (Å²) in [5, 5.41) is 3.78. The highest BCUT2D eigenvalue weighted by atomic mass is 15.3. The van der Waals surface area contributed by atoms with Crippen LogP contribution in [0.25, 0.3) is 0 Å². The van der Waals surface area contributed by atoms with Gasteiger partial charge < -0.3 is 5.32 Å². The lowest BCUT2D eigenvalue weighted by atomic mass is 9.76. The molecule has 3 rings (SSSR count). The molecule has 1 aliphatic heterocycles. The second kappa shape index (κ2) is 6.10. The van der Waals surface area contributed by atoms with Crippen molar-refractivity contribution in [2.24, 2.45) is 0 Å². The lowest BCUT2D eigenvalue weighted by molar-refractivity contribution is 0.0392. The minimum absolute atomic E-state index is 0.328. The number of piperazine rings is 1. The maximum atomic E-state index is 3.78. The fourth-order valence-corrected chi connectivity index (χ4v) is 4.00. The van der Waals surface area contributed by atoms with Crippen LogP contribution in [0.3, 0.4) is 0 Å². The van der Waals surface area contributed by atoms with E-state index in [0.717, 1.165) is 12.5 Å². The van der Waals surface area contributed by atoms with E-state index in [1.54, 1.807) is 11.1 Å². The van der Waals surface area contributed by atoms with Crippen LogP contribution in [0, 0.1) is 0 Å². The van der Waals surface area contributed by atoms with Crippen LogP contribution in [0.1, 0.15) is 57.1 Å². The average Bonchev–Trinajstić information content (AvgIpc) is 2.48. The fourth-order valence-electron chi connectivity index (χ4n) is 4.00. The highest BCUT2D eigenvalue weighted by molar-refractivity contribution is 5.40. The van der Waals surface area contributed by atoms with Gasteiger partial charge in [0.1, 0.15) is 0 Å². The molecule has 3 unspecified atom stereocenters. The summed E-state index contributed by atoms with van der Waals surface area (Å²) >= 11 is 0. The summed E-state index contributed by atoms with van der Waals surface area (Å²) in [5.74, 6) is 0.757. The van der Waals surface area contributed by atoms with Crippen LogP contribution in [0.15, 0.2) is 24.3 Å². The normalized spacial score (nSPS) is 32.5. The Morgan fingerprint density at radius 2 is 2.10 bits per heavy atom. The number of fused-ring (bicyclic) bond motifs is 1. The molecule has 0 amide bonds. The number of nitrogens with one attached hydrogen (secondary N) is 1. The molecule has 21 heavy (non-hydrogen) atoms. The van der Waals surface area contributed by atoms with E-state index >= 15 is 0 Å². The Morgan fingerprint density at radius 3 is 2.81 bits per heavy atom.